The van der Waals surface area contributed by atoms with E-state index in [0.29, 0.717) is 0 Å². The quantitative estimate of drug-likeness (QED) is 0.152. The molecule has 0 bridgehead atoms. The van der Waals surface area contributed by atoms with E-state index in [1.807, 2.05) is 72.9 Å². The molecule has 0 saturated heterocycles. The Bertz CT molecular complexity index is 5860. The van der Waals surface area contributed by atoms with Crippen molar-refractivity contribution in [1.82, 2.24) is 19.9 Å². The average Bonchev–Trinajstić information content (AvgIpc) is 1.51. The topological polar surface area (TPSA) is 51.6 Å². The number of hydrogen-bond donors (Lipinski definition) is 0. The fourth-order valence-corrected chi connectivity index (χ4v) is 16.2. The van der Waals surface area contributed by atoms with Gasteiger partial charge in [-0.1, -0.05) is 303 Å². The lowest BCUT2D eigenvalue weighted by molar-refractivity contribution is 0.767. The van der Waals surface area contributed by atoms with E-state index in [4.69, 9.17) is 0 Å². The van der Waals surface area contributed by atoms with Crippen LogP contribution in [0.4, 0.5) is 0 Å². The van der Waals surface area contributed by atoms with E-state index in [9.17, 15) is 0 Å². The second kappa shape index (κ2) is 28.0. The van der Waals surface area contributed by atoms with Gasteiger partial charge in [-0.15, -0.1) is 0 Å². The zero-order valence-corrected chi connectivity index (χ0v) is 57.9. The summed E-state index contributed by atoms with van der Waals surface area (Å²) in [6, 6.07) is 134. The van der Waals surface area contributed by atoms with Crippen molar-refractivity contribution in [1.29, 1.82) is 0 Å². The predicted molar refractivity (Wildman–Crippen MR) is 433 cm³/mol. The van der Waals surface area contributed by atoms with Crippen molar-refractivity contribution in [2.24, 2.45) is 0 Å². The molecule has 0 spiro atoms. The maximum absolute atomic E-state index is 4.21. The van der Waals surface area contributed by atoms with E-state index in [2.05, 4.69) is 337 Å². The first-order chi connectivity index (χ1) is 51.4. The first-order valence-electron chi connectivity index (χ1n) is 35.6. The van der Waals surface area contributed by atoms with Gasteiger partial charge in [-0.3, -0.25) is 19.9 Å². The molecule has 0 aliphatic heterocycles. The molecular weight excluding hydrogens is 1260 g/mol. The number of hydrogen-bond acceptors (Lipinski definition) is 4. The minimum absolute atomic E-state index is 0.325. The molecule has 4 nitrogen and oxygen atoms in total. The number of nitrogens with zero attached hydrogens (tertiary/aromatic N) is 4. The molecule has 18 aromatic rings. The van der Waals surface area contributed by atoms with Gasteiger partial charge in [0.2, 0.25) is 0 Å². The Balaban J connectivity index is 0.000000122. The van der Waals surface area contributed by atoms with Crippen molar-refractivity contribution in [3.63, 3.8) is 0 Å². The molecule has 4 heterocycles. The lowest BCUT2D eigenvalue weighted by atomic mass is 9.67. The largest absolute Gasteiger partial charge is 0.264 e. The molecule has 0 amide bonds. The van der Waals surface area contributed by atoms with Crippen LogP contribution >= 0.6 is 0 Å². The maximum atomic E-state index is 4.21. The summed E-state index contributed by atoms with van der Waals surface area (Å²) in [5.41, 5.74) is 26.6. The van der Waals surface area contributed by atoms with Crippen LogP contribution < -0.4 is 0 Å². The first kappa shape index (κ1) is 64.1. The van der Waals surface area contributed by atoms with Gasteiger partial charge in [0.15, 0.2) is 0 Å². The van der Waals surface area contributed by atoms with E-state index in [0.717, 1.165) is 22.6 Å². The number of aryl methyl sites for hydroxylation is 2. The van der Waals surface area contributed by atoms with Crippen LogP contribution in [0.25, 0.3) is 110 Å². The van der Waals surface area contributed by atoms with E-state index in [-0.39, 0.29) is 5.41 Å². The molecule has 492 valence electrons. The monoisotopic (exact) mass is 1330 g/mol. The van der Waals surface area contributed by atoms with Crippen molar-refractivity contribution in [3.05, 3.63) is 457 Å². The molecule has 104 heavy (non-hydrogen) atoms. The Hall–Kier alpha value is -13.3. The van der Waals surface area contributed by atoms with Gasteiger partial charge in [-0.25, -0.2) is 0 Å². The molecule has 2 aliphatic carbocycles. The second-order valence-corrected chi connectivity index (χ2v) is 26.8. The molecule has 2 aliphatic rings. The van der Waals surface area contributed by atoms with Gasteiger partial charge in [0.05, 0.1) is 27.9 Å². The van der Waals surface area contributed by atoms with Crippen LogP contribution in [0.15, 0.2) is 401 Å². The van der Waals surface area contributed by atoms with Gasteiger partial charge >= 0.3 is 0 Å². The molecule has 0 radical (unpaired) electrons. The Morgan fingerprint density at radius 2 is 0.635 bits per heavy atom. The fourth-order valence-electron chi connectivity index (χ4n) is 16.2. The van der Waals surface area contributed by atoms with Crippen LogP contribution in [0.3, 0.4) is 0 Å². The minimum atomic E-state index is -0.518. The van der Waals surface area contributed by atoms with Crippen molar-refractivity contribution in [2.75, 3.05) is 0 Å². The number of rotatable bonds is 8. The van der Waals surface area contributed by atoms with Gasteiger partial charge in [0.1, 0.15) is 0 Å². The minimum Gasteiger partial charge on any atom is -0.264 e. The van der Waals surface area contributed by atoms with Crippen LogP contribution in [-0.4, -0.2) is 19.9 Å². The van der Waals surface area contributed by atoms with Gasteiger partial charge in [0, 0.05) is 36.5 Å². The van der Waals surface area contributed by atoms with Gasteiger partial charge in [-0.2, -0.15) is 0 Å². The fraction of sp³-hybridized carbons (Fsp3) is 0.0400. The number of fused-ring (bicyclic) bond motifs is 12. The van der Waals surface area contributed by atoms with Crippen molar-refractivity contribution >= 4 is 43.1 Å². The van der Waals surface area contributed by atoms with Crippen LogP contribution in [-0.2, 0) is 10.8 Å². The highest BCUT2D eigenvalue weighted by molar-refractivity contribution is 6.11. The van der Waals surface area contributed by atoms with E-state index >= 15 is 0 Å². The highest BCUT2D eigenvalue weighted by atomic mass is 14.8. The summed E-state index contributed by atoms with van der Waals surface area (Å²) in [5.74, 6) is 0. The standard InChI is InChI=1S/C49H32.C31H24.2C10H8N2/c1-3-17-40(18-4-1)49(41-19-5-2-6-20-41)46-31-38(37-25-23-33-13-7-9-15-35(33)29-37)27-28-44(46)48-43-22-12-11-21-42(43)45(32-47(48)49)39-26-24-34-14-8-10-16-36(34)30-39;1-21-17-18-27-28(19-21)31(23-11-5-3-6-12-23,24-13-7-4-8-14-24)29-20-22(2)25-15-9-10-16-26(25)30(27)29;1-3-7-11-9(5-1)10-6-2-4-8-12-10;1-2-7-12-10(5-1)9-4-3-6-11-8-9/h1-32H;3-20H,1-2H3;2*1-8H. The van der Waals surface area contributed by atoms with Crippen molar-refractivity contribution in [3.8, 4) is 67.2 Å². The Morgan fingerprint density at radius 1 is 0.231 bits per heavy atom. The third kappa shape index (κ3) is 11.6. The maximum Gasteiger partial charge on any atom is 0.0886 e. The Labute approximate surface area is 607 Å². The normalized spacial score (nSPS) is 12.5. The summed E-state index contributed by atoms with van der Waals surface area (Å²) in [6.07, 6.45) is 8.88. The highest BCUT2D eigenvalue weighted by Crippen LogP contribution is 2.61. The smallest absolute Gasteiger partial charge is 0.0886 e. The third-order valence-electron chi connectivity index (χ3n) is 20.8. The predicted octanol–water partition coefficient (Wildman–Crippen LogP) is 25.0. The van der Waals surface area contributed by atoms with Crippen LogP contribution in [0.2, 0.25) is 0 Å². The summed E-state index contributed by atoms with van der Waals surface area (Å²) >= 11 is 0. The molecule has 0 unspecified atom stereocenters. The first-order valence-corrected chi connectivity index (χ1v) is 35.6. The molecule has 20 rings (SSSR count). The zero-order chi connectivity index (χ0) is 69.8. The number of benzene rings is 14. The van der Waals surface area contributed by atoms with Crippen LogP contribution in [0.1, 0.15) is 55.6 Å². The Morgan fingerprint density at radius 3 is 1.14 bits per heavy atom. The number of aromatic nitrogens is 4. The van der Waals surface area contributed by atoms with Gasteiger partial charge in [0.25, 0.3) is 0 Å². The Kier molecular flexibility index (Phi) is 17.3. The summed E-state index contributed by atoms with van der Waals surface area (Å²) in [5, 5.41) is 10.3. The molecule has 0 atom stereocenters. The van der Waals surface area contributed by atoms with Crippen LogP contribution in [0.5, 0.6) is 0 Å². The molecular formula is C100H72N4. The molecule has 4 heteroatoms. The molecule has 4 aromatic heterocycles. The highest BCUT2D eigenvalue weighted by Gasteiger charge is 2.49. The zero-order valence-electron chi connectivity index (χ0n) is 57.9. The summed E-state index contributed by atoms with van der Waals surface area (Å²) in [4.78, 5) is 16.6. The SMILES string of the molecule is Cc1ccc2c(c1)C(c1ccccc1)(c1ccccc1)c1cc(C)c3ccccc3c1-2.c1ccc(-c2ccccn2)nc1.c1ccc(-c2cccnc2)nc1.c1ccc(C2(c3ccccc3)c3cc(-c4ccc5ccccc5c4)ccc3-c3c2cc(-c2ccc4ccccc4c2)c2ccccc32)cc1. The lowest BCUT2D eigenvalue weighted by Crippen LogP contribution is -2.28. The van der Waals surface area contributed by atoms with Crippen LogP contribution in [0, 0.1) is 13.8 Å². The average molecular weight is 1330 g/mol. The summed E-state index contributed by atoms with van der Waals surface area (Å²) in [7, 11) is 0. The summed E-state index contributed by atoms with van der Waals surface area (Å²) < 4.78 is 0. The van der Waals surface area contributed by atoms with Gasteiger partial charge < -0.3 is 0 Å². The van der Waals surface area contributed by atoms with Crippen molar-refractivity contribution in [2.45, 2.75) is 24.7 Å². The lowest BCUT2D eigenvalue weighted by Gasteiger charge is -2.34. The molecule has 14 aromatic carbocycles. The molecule has 0 N–H and O–H groups in total. The second-order valence-electron chi connectivity index (χ2n) is 26.8. The number of pyridine rings is 4. The molecule has 0 fully saturated rings. The molecule has 0 saturated carbocycles. The van der Waals surface area contributed by atoms with Gasteiger partial charge in [-0.05, 0) is 224 Å². The van der Waals surface area contributed by atoms with E-state index < -0.39 is 5.41 Å². The van der Waals surface area contributed by atoms with E-state index in [1.54, 1.807) is 24.8 Å². The van der Waals surface area contributed by atoms with E-state index in [1.165, 1.54) is 143 Å². The third-order valence-corrected chi connectivity index (χ3v) is 20.8. The van der Waals surface area contributed by atoms with Crippen molar-refractivity contribution < 1.29 is 0 Å². The summed E-state index contributed by atoms with van der Waals surface area (Å²) in [6.45, 7) is 4.45.